The van der Waals surface area contributed by atoms with Crippen molar-refractivity contribution < 1.29 is 17.9 Å². The van der Waals surface area contributed by atoms with Gasteiger partial charge in [0, 0.05) is 25.3 Å². The van der Waals surface area contributed by atoms with Gasteiger partial charge in [0.05, 0.1) is 11.5 Å². The summed E-state index contributed by atoms with van der Waals surface area (Å²) in [6.07, 6.45) is 3.90. The molecule has 2 rings (SSSR count). The molecule has 0 spiro atoms. The maximum atomic E-state index is 12.3. The van der Waals surface area contributed by atoms with Crippen LogP contribution in [0.4, 0.5) is 0 Å². The third-order valence-electron chi connectivity index (χ3n) is 3.70. The molecule has 2 N–H and O–H groups in total. The highest BCUT2D eigenvalue weighted by Gasteiger charge is 2.22. The number of hydrogen-bond acceptors (Lipinski definition) is 4. The van der Waals surface area contributed by atoms with Crippen LogP contribution in [0.2, 0.25) is 0 Å². The van der Waals surface area contributed by atoms with E-state index in [0.717, 1.165) is 25.7 Å². The van der Waals surface area contributed by atoms with Crippen molar-refractivity contribution in [2.24, 2.45) is 0 Å². The van der Waals surface area contributed by atoms with Crippen molar-refractivity contribution in [3.63, 3.8) is 0 Å². The number of rotatable bonds is 7. The standard InChI is InChI=1S/C15H22N2O4S/c1-21-11-10-16-15(18)12-6-8-14(9-7-12)22(19,20)17-13-4-2-3-5-13/h6-9,13,17H,2-5,10-11H2,1H3,(H,16,18). The van der Waals surface area contributed by atoms with Crippen LogP contribution in [0.5, 0.6) is 0 Å². The first-order valence-corrected chi connectivity index (χ1v) is 8.91. The van der Waals surface area contributed by atoms with Gasteiger partial charge in [0.15, 0.2) is 0 Å². The largest absolute Gasteiger partial charge is 0.383 e. The normalized spacial score (nSPS) is 15.9. The molecule has 1 amide bonds. The third kappa shape index (κ3) is 4.53. The van der Waals surface area contributed by atoms with Gasteiger partial charge in [0.1, 0.15) is 0 Å². The monoisotopic (exact) mass is 326 g/mol. The minimum absolute atomic E-state index is 0.0296. The number of benzene rings is 1. The molecule has 1 fully saturated rings. The molecule has 6 nitrogen and oxygen atoms in total. The van der Waals surface area contributed by atoms with Crippen molar-refractivity contribution in [2.75, 3.05) is 20.3 Å². The molecule has 0 heterocycles. The smallest absolute Gasteiger partial charge is 0.251 e. The lowest BCUT2D eigenvalue weighted by Gasteiger charge is -2.12. The molecule has 0 atom stereocenters. The molecule has 0 bridgehead atoms. The number of hydrogen-bond donors (Lipinski definition) is 2. The summed E-state index contributed by atoms with van der Waals surface area (Å²) in [5.41, 5.74) is 0.427. The van der Waals surface area contributed by atoms with Gasteiger partial charge in [-0.2, -0.15) is 0 Å². The van der Waals surface area contributed by atoms with Gasteiger partial charge in [-0.3, -0.25) is 4.79 Å². The highest BCUT2D eigenvalue weighted by molar-refractivity contribution is 7.89. The Bertz CT molecular complexity index is 592. The van der Waals surface area contributed by atoms with E-state index in [1.54, 1.807) is 7.11 Å². The van der Waals surface area contributed by atoms with Gasteiger partial charge in [-0.1, -0.05) is 12.8 Å². The van der Waals surface area contributed by atoms with E-state index in [2.05, 4.69) is 10.0 Å². The van der Waals surface area contributed by atoms with Gasteiger partial charge in [0.25, 0.3) is 5.91 Å². The Balaban J connectivity index is 1.99. The predicted octanol–water partition coefficient (Wildman–Crippen LogP) is 1.28. The topological polar surface area (TPSA) is 84.5 Å². The van der Waals surface area contributed by atoms with Crippen LogP contribution in [0.25, 0.3) is 0 Å². The molecule has 22 heavy (non-hydrogen) atoms. The summed E-state index contributed by atoms with van der Waals surface area (Å²) in [5.74, 6) is -0.246. The van der Waals surface area contributed by atoms with E-state index >= 15 is 0 Å². The molecular formula is C15H22N2O4S. The van der Waals surface area contributed by atoms with Gasteiger partial charge < -0.3 is 10.1 Å². The van der Waals surface area contributed by atoms with Crippen molar-refractivity contribution in [2.45, 2.75) is 36.6 Å². The lowest BCUT2D eigenvalue weighted by Crippen LogP contribution is -2.32. The highest BCUT2D eigenvalue weighted by atomic mass is 32.2. The molecule has 0 saturated heterocycles. The maximum Gasteiger partial charge on any atom is 0.251 e. The van der Waals surface area contributed by atoms with Crippen LogP contribution in [-0.4, -0.2) is 40.6 Å². The SMILES string of the molecule is COCCNC(=O)c1ccc(S(=O)(=O)NC2CCCC2)cc1. The zero-order valence-corrected chi connectivity index (χ0v) is 13.5. The first kappa shape index (κ1) is 16.9. The number of nitrogens with one attached hydrogen (secondary N) is 2. The minimum Gasteiger partial charge on any atom is -0.383 e. The summed E-state index contributed by atoms with van der Waals surface area (Å²) in [6, 6.07) is 5.99. The molecule has 1 aromatic rings. The van der Waals surface area contributed by atoms with E-state index in [-0.39, 0.29) is 16.8 Å². The van der Waals surface area contributed by atoms with Crippen LogP contribution in [0, 0.1) is 0 Å². The fraction of sp³-hybridized carbons (Fsp3) is 0.533. The summed E-state index contributed by atoms with van der Waals surface area (Å²) in [5, 5.41) is 2.69. The predicted molar refractivity (Wildman–Crippen MR) is 83.2 cm³/mol. The summed E-state index contributed by atoms with van der Waals surface area (Å²) in [7, 11) is -1.95. The van der Waals surface area contributed by atoms with Crippen molar-refractivity contribution in [3.8, 4) is 0 Å². The first-order valence-electron chi connectivity index (χ1n) is 7.42. The summed E-state index contributed by atoms with van der Waals surface area (Å²) < 4.78 is 32.1. The number of carbonyl (C=O) groups excluding carboxylic acids is 1. The van der Waals surface area contributed by atoms with E-state index in [1.165, 1.54) is 24.3 Å². The van der Waals surface area contributed by atoms with Crippen molar-refractivity contribution in [3.05, 3.63) is 29.8 Å². The molecule has 1 aliphatic rings. The van der Waals surface area contributed by atoms with Crippen LogP contribution >= 0.6 is 0 Å². The Morgan fingerprint density at radius 1 is 1.23 bits per heavy atom. The molecule has 0 radical (unpaired) electrons. The van der Waals surface area contributed by atoms with E-state index < -0.39 is 10.0 Å². The Labute approximate surface area is 131 Å². The van der Waals surface area contributed by atoms with E-state index in [9.17, 15) is 13.2 Å². The number of ether oxygens (including phenoxy) is 1. The molecule has 0 aromatic heterocycles. The van der Waals surface area contributed by atoms with Crippen LogP contribution in [-0.2, 0) is 14.8 Å². The number of sulfonamides is 1. The second kappa shape index (κ2) is 7.71. The molecule has 0 unspecified atom stereocenters. The Hall–Kier alpha value is -1.44. The molecule has 122 valence electrons. The van der Waals surface area contributed by atoms with E-state index in [1.807, 2.05) is 0 Å². The molecule has 7 heteroatoms. The number of amides is 1. The van der Waals surface area contributed by atoms with Crippen LogP contribution in [0.15, 0.2) is 29.2 Å². The Morgan fingerprint density at radius 2 is 1.86 bits per heavy atom. The lowest BCUT2D eigenvalue weighted by atomic mass is 10.2. The molecule has 1 saturated carbocycles. The van der Waals surface area contributed by atoms with Gasteiger partial charge in [-0.15, -0.1) is 0 Å². The highest BCUT2D eigenvalue weighted by Crippen LogP contribution is 2.20. The third-order valence-corrected chi connectivity index (χ3v) is 5.23. The summed E-state index contributed by atoms with van der Waals surface area (Å²) >= 11 is 0. The van der Waals surface area contributed by atoms with Gasteiger partial charge in [0.2, 0.25) is 10.0 Å². The van der Waals surface area contributed by atoms with Crippen molar-refractivity contribution in [1.29, 1.82) is 0 Å². The summed E-state index contributed by atoms with van der Waals surface area (Å²) in [6.45, 7) is 0.849. The van der Waals surface area contributed by atoms with Gasteiger partial charge in [-0.05, 0) is 37.1 Å². The van der Waals surface area contributed by atoms with Crippen LogP contribution in [0.1, 0.15) is 36.0 Å². The Kier molecular flexibility index (Phi) is 5.93. The number of carbonyl (C=O) groups is 1. The molecular weight excluding hydrogens is 304 g/mol. The molecule has 1 aliphatic carbocycles. The Morgan fingerprint density at radius 3 is 2.45 bits per heavy atom. The van der Waals surface area contributed by atoms with Crippen molar-refractivity contribution >= 4 is 15.9 Å². The first-order chi connectivity index (χ1) is 10.5. The van der Waals surface area contributed by atoms with Crippen molar-refractivity contribution in [1.82, 2.24) is 10.0 Å². The molecule has 1 aromatic carbocycles. The number of methoxy groups -OCH3 is 1. The summed E-state index contributed by atoms with van der Waals surface area (Å²) in [4.78, 5) is 12.0. The quantitative estimate of drug-likeness (QED) is 0.739. The lowest BCUT2D eigenvalue weighted by molar-refractivity contribution is 0.0937. The zero-order chi connectivity index (χ0) is 16.0. The maximum absolute atomic E-state index is 12.3. The minimum atomic E-state index is -3.51. The van der Waals surface area contributed by atoms with E-state index in [0.29, 0.717) is 18.7 Å². The zero-order valence-electron chi connectivity index (χ0n) is 12.7. The van der Waals surface area contributed by atoms with Crippen LogP contribution < -0.4 is 10.0 Å². The average Bonchev–Trinajstić information content (AvgIpc) is 3.00. The fourth-order valence-corrected chi connectivity index (χ4v) is 3.79. The van der Waals surface area contributed by atoms with Gasteiger partial charge >= 0.3 is 0 Å². The van der Waals surface area contributed by atoms with Crippen LogP contribution in [0.3, 0.4) is 0 Å². The van der Waals surface area contributed by atoms with E-state index in [4.69, 9.17) is 4.74 Å². The second-order valence-corrected chi connectivity index (χ2v) is 7.09. The second-order valence-electron chi connectivity index (χ2n) is 5.38. The average molecular weight is 326 g/mol. The molecule has 0 aliphatic heterocycles. The van der Waals surface area contributed by atoms with Gasteiger partial charge in [-0.25, -0.2) is 13.1 Å². The fourth-order valence-electron chi connectivity index (χ4n) is 2.49.